The Morgan fingerprint density at radius 2 is 1.89 bits per heavy atom. The van der Waals surface area contributed by atoms with E-state index >= 15 is 0 Å². The van der Waals surface area contributed by atoms with E-state index in [9.17, 15) is 14.4 Å². The summed E-state index contributed by atoms with van der Waals surface area (Å²) in [6, 6.07) is 6.83. The van der Waals surface area contributed by atoms with Gasteiger partial charge >= 0.3 is 0 Å². The van der Waals surface area contributed by atoms with Crippen LogP contribution in [0.5, 0.6) is 5.75 Å². The van der Waals surface area contributed by atoms with Gasteiger partial charge in [0.15, 0.2) is 0 Å². The Morgan fingerprint density at radius 3 is 2.54 bits per heavy atom. The SMILES string of the molecule is CCCCCCOc1ccc(C(=O)NNC(=O)CCC2(C)CCC(=O)N2)cc1. The standard InChI is InChI=1S/C21H31N3O4/c1-3-4-5-6-15-28-17-9-7-16(8-10-17)20(27)24-23-19(26)12-14-21(2)13-11-18(25)22-21/h7-10H,3-6,11-15H2,1-2H3,(H,22,25)(H,23,26)(H,24,27). The van der Waals surface area contributed by atoms with Crippen LogP contribution in [0.3, 0.4) is 0 Å². The number of hydrogen-bond acceptors (Lipinski definition) is 4. The Bertz CT molecular complexity index is 675. The Morgan fingerprint density at radius 1 is 1.14 bits per heavy atom. The third-order valence-electron chi connectivity index (χ3n) is 4.95. The summed E-state index contributed by atoms with van der Waals surface area (Å²) in [5.74, 6) is 0.0690. The highest BCUT2D eigenvalue weighted by Crippen LogP contribution is 2.24. The van der Waals surface area contributed by atoms with E-state index in [1.54, 1.807) is 24.3 Å². The minimum Gasteiger partial charge on any atom is -0.494 e. The molecule has 3 N–H and O–H groups in total. The summed E-state index contributed by atoms with van der Waals surface area (Å²) in [5.41, 5.74) is 4.93. The molecule has 2 rings (SSSR count). The number of carbonyl (C=O) groups excluding carboxylic acids is 3. The summed E-state index contributed by atoms with van der Waals surface area (Å²) >= 11 is 0. The lowest BCUT2D eigenvalue weighted by atomic mass is 9.94. The molecular weight excluding hydrogens is 358 g/mol. The predicted octanol–water partition coefficient (Wildman–Crippen LogP) is 2.86. The van der Waals surface area contributed by atoms with E-state index in [1.165, 1.54) is 12.8 Å². The van der Waals surface area contributed by atoms with Gasteiger partial charge in [0, 0.05) is 23.9 Å². The normalized spacial score (nSPS) is 18.4. The first-order valence-electron chi connectivity index (χ1n) is 10.0. The number of benzene rings is 1. The van der Waals surface area contributed by atoms with Crippen molar-refractivity contribution >= 4 is 17.7 Å². The number of nitrogens with one attached hydrogen (secondary N) is 3. The van der Waals surface area contributed by atoms with Gasteiger partial charge in [-0.05, 0) is 50.5 Å². The molecule has 1 heterocycles. The first kappa shape index (κ1) is 21.7. The number of unbranched alkanes of at least 4 members (excludes halogenated alkanes) is 3. The van der Waals surface area contributed by atoms with E-state index in [0.29, 0.717) is 25.0 Å². The maximum Gasteiger partial charge on any atom is 0.269 e. The van der Waals surface area contributed by atoms with Crippen LogP contribution in [-0.2, 0) is 9.59 Å². The van der Waals surface area contributed by atoms with Crippen molar-refractivity contribution in [3.63, 3.8) is 0 Å². The third-order valence-corrected chi connectivity index (χ3v) is 4.95. The van der Waals surface area contributed by atoms with Gasteiger partial charge in [-0.25, -0.2) is 0 Å². The molecular formula is C21H31N3O4. The monoisotopic (exact) mass is 389 g/mol. The van der Waals surface area contributed by atoms with Crippen LogP contribution in [0.4, 0.5) is 0 Å². The second kappa shape index (κ2) is 10.7. The molecule has 28 heavy (non-hydrogen) atoms. The van der Waals surface area contributed by atoms with Crippen molar-refractivity contribution in [3.05, 3.63) is 29.8 Å². The highest BCUT2D eigenvalue weighted by Gasteiger charge is 2.32. The summed E-state index contributed by atoms with van der Waals surface area (Å²) < 4.78 is 5.65. The minimum absolute atomic E-state index is 0.0181. The van der Waals surface area contributed by atoms with Gasteiger partial charge in [0.1, 0.15) is 5.75 Å². The fourth-order valence-electron chi connectivity index (χ4n) is 3.11. The van der Waals surface area contributed by atoms with E-state index < -0.39 is 0 Å². The topological polar surface area (TPSA) is 96.5 Å². The summed E-state index contributed by atoms with van der Waals surface area (Å²) in [4.78, 5) is 35.4. The van der Waals surface area contributed by atoms with Crippen LogP contribution in [0.2, 0.25) is 0 Å². The molecule has 0 spiro atoms. The Labute approximate surface area is 166 Å². The largest absolute Gasteiger partial charge is 0.494 e. The maximum atomic E-state index is 12.1. The zero-order valence-corrected chi connectivity index (χ0v) is 16.8. The molecule has 1 aliphatic rings. The lowest BCUT2D eigenvalue weighted by Crippen LogP contribution is -2.44. The first-order chi connectivity index (χ1) is 13.4. The van der Waals surface area contributed by atoms with Gasteiger partial charge < -0.3 is 10.1 Å². The fourth-order valence-corrected chi connectivity index (χ4v) is 3.11. The summed E-state index contributed by atoms with van der Waals surface area (Å²) in [6.07, 6.45) is 6.55. The second-order valence-corrected chi connectivity index (χ2v) is 7.54. The van der Waals surface area contributed by atoms with E-state index in [4.69, 9.17) is 4.74 Å². The van der Waals surface area contributed by atoms with Gasteiger partial charge in [0.2, 0.25) is 11.8 Å². The molecule has 1 aliphatic heterocycles. The second-order valence-electron chi connectivity index (χ2n) is 7.54. The van der Waals surface area contributed by atoms with Crippen molar-refractivity contribution in [1.82, 2.24) is 16.2 Å². The van der Waals surface area contributed by atoms with Crippen LogP contribution >= 0.6 is 0 Å². The van der Waals surface area contributed by atoms with Gasteiger partial charge in [0.05, 0.1) is 6.61 Å². The van der Waals surface area contributed by atoms with Gasteiger partial charge in [0.25, 0.3) is 5.91 Å². The van der Waals surface area contributed by atoms with E-state index in [0.717, 1.165) is 25.0 Å². The molecule has 1 aromatic rings. The molecule has 1 atom stereocenters. The molecule has 7 nitrogen and oxygen atoms in total. The molecule has 1 fully saturated rings. The molecule has 0 aliphatic carbocycles. The zero-order chi connectivity index (χ0) is 20.4. The lowest BCUT2D eigenvalue weighted by Gasteiger charge is -2.23. The van der Waals surface area contributed by atoms with Crippen molar-refractivity contribution in [2.75, 3.05) is 6.61 Å². The predicted molar refractivity (Wildman–Crippen MR) is 107 cm³/mol. The molecule has 0 aromatic heterocycles. The number of ether oxygens (including phenoxy) is 1. The Hall–Kier alpha value is -2.57. The molecule has 3 amide bonds. The number of hydrazine groups is 1. The smallest absolute Gasteiger partial charge is 0.269 e. The van der Waals surface area contributed by atoms with Gasteiger partial charge in [-0.15, -0.1) is 0 Å². The average molecular weight is 389 g/mol. The van der Waals surface area contributed by atoms with Crippen molar-refractivity contribution in [2.24, 2.45) is 0 Å². The van der Waals surface area contributed by atoms with Crippen molar-refractivity contribution < 1.29 is 19.1 Å². The summed E-state index contributed by atoms with van der Waals surface area (Å²) in [6.45, 7) is 4.76. The highest BCUT2D eigenvalue weighted by molar-refractivity contribution is 5.95. The van der Waals surface area contributed by atoms with Crippen LogP contribution in [-0.4, -0.2) is 29.9 Å². The number of amides is 3. The Kier molecular flexibility index (Phi) is 8.29. The minimum atomic E-state index is -0.386. The number of hydrogen-bond donors (Lipinski definition) is 3. The Balaban J connectivity index is 1.67. The molecule has 1 saturated heterocycles. The van der Waals surface area contributed by atoms with Crippen LogP contribution < -0.4 is 20.9 Å². The third kappa shape index (κ3) is 7.21. The molecule has 0 bridgehead atoms. The van der Waals surface area contributed by atoms with Crippen LogP contribution in [0.25, 0.3) is 0 Å². The lowest BCUT2D eigenvalue weighted by molar-refractivity contribution is -0.123. The molecule has 1 aromatic carbocycles. The quantitative estimate of drug-likeness (QED) is 0.423. The molecule has 1 unspecified atom stereocenters. The van der Waals surface area contributed by atoms with Crippen LogP contribution in [0.15, 0.2) is 24.3 Å². The van der Waals surface area contributed by atoms with Crippen LogP contribution in [0.1, 0.15) is 75.6 Å². The highest BCUT2D eigenvalue weighted by atomic mass is 16.5. The first-order valence-corrected chi connectivity index (χ1v) is 10.0. The fraction of sp³-hybridized carbons (Fsp3) is 0.571. The van der Waals surface area contributed by atoms with Crippen molar-refractivity contribution in [1.29, 1.82) is 0 Å². The van der Waals surface area contributed by atoms with Crippen LogP contribution in [0, 0.1) is 0 Å². The molecule has 0 radical (unpaired) electrons. The van der Waals surface area contributed by atoms with E-state index in [1.807, 2.05) is 6.92 Å². The van der Waals surface area contributed by atoms with Crippen molar-refractivity contribution in [2.45, 2.75) is 70.8 Å². The number of rotatable bonds is 10. The summed E-state index contributed by atoms with van der Waals surface area (Å²) in [5, 5.41) is 2.89. The average Bonchev–Trinajstić information content (AvgIpc) is 3.04. The molecule has 7 heteroatoms. The maximum absolute atomic E-state index is 12.1. The summed E-state index contributed by atoms with van der Waals surface area (Å²) in [7, 11) is 0. The number of carbonyl (C=O) groups is 3. The van der Waals surface area contributed by atoms with Gasteiger partial charge in [-0.2, -0.15) is 0 Å². The van der Waals surface area contributed by atoms with E-state index in [-0.39, 0.29) is 29.7 Å². The van der Waals surface area contributed by atoms with Crippen molar-refractivity contribution in [3.8, 4) is 5.75 Å². The van der Waals surface area contributed by atoms with Gasteiger partial charge in [-0.3, -0.25) is 25.2 Å². The molecule has 0 saturated carbocycles. The molecule has 154 valence electrons. The van der Waals surface area contributed by atoms with E-state index in [2.05, 4.69) is 23.1 Å². The zero-order valence-electron chi connectivity index (χ0n) is 16.8. The van der Waals surface area contributed by atoms with Gasteiger partial charge in [-0.1, -0.05) is 26.2 Å².